The molecule has 0 aromatic rings. The Labute approximate surface area is 94.1 Å². The van der Waals surface area contributed by atoms with Crippen molar-refractivity contribution in [1.82, 2.24) is 4.90 Å². The van der Waals surface area contributed by atoms with Crippen LogP contribution in [0.3, 0.4) is 0 Å². The Morgan fingerprint density at radius 3 is 2.44 bits per heavy atom. The van der Waals surface area contributed by atoms with Gasteiger partial charge in [-0.25, -0.2) is 0 Å². The average Bonchev–Trinajstić information content (AvgIpc) is 2.53. The molecule has 1 heterocycles. The first kappa shape index (κ1) is 12.6. The van der Waals surface area contributed by atoms with Crippen molar-refractivity contribution in [2.75, 3.05) is 19.8 Å². The first-order valence-corrected chi connectivity index (χ1v) is 5.22. The SMILES string of the molecule is CC(=O)CCCOCCN1C(=O)C=CC1=O. The second-order valence-electron chi connectivity index (χ2n) is 3.58. The van der Waals surface area contributed by atoms with Crippen LogP contribution >= 0.6 is 0 Å². The van der Waals surface area contributed by atoms with E-state index in [-0.39, 0.29) is 24.1 Å². The van der Waals surface area contributed by atoms with E-state index in [1.165, 1.54) is 19.1 Å². The Balaban J connectivity index is 2.05. The summed E-state index contributed by atoms with van der Waals surface area (Å²) in [5, 5.41) is 0. The summed E-state index contributed by atoms with van der Waals surface area (Å²) in [7, 11) is 0. The Kier molecular flexibility index (Phi) is 4.85. The molecule has 0 radical (unpaired) electrons. The first-order chi connectivity index (χ1) is 7.61. The number of nitrogens with zero attached hydrogens (tertiary/aromatic N) is 1. The molecule has 88 valence electrons. The van der Waals surface area contributed by atoms with Crippen molar-refractivity contribution in [2.45, 2.75) is 19.8 Å². The molecule has 2 amide bonds. The molecule has 5 nitrogen and oxygen atoms in total. The maximum Gasteiger partial charge on any atom is 0.253 e. The van der Waals surface area contributed by atoms with Crippen LogP contribution in [0.5, 0.6) is 0 Å². The molecule has 1 aliphatic rings. The fraction of sp³-hybridized carbons (Fsp3) is 0.545. The molecule has 0 aromatic heterocycles. The Morgan fingerprint density at radius 2 is 1.88 bits per heavy atom. The van der Waals surface area contributed by atoms with Gasteiger partial charge in [0.2, 0.25) is 0 Å². The van der Waals surface area contributed by atoms with Gasteiger partial charge in [0.15, 0.2) is 0 Å². The second-order valence-corrected chi connectivity index (χ2v) is 3.58. The summed E-state index contributed by atoms with van der Waals surface area (Å²) in [5.74, 6) is -0.452. The van der Waals surface area contributed by atoms with Crippen molar-refractivity contribution in [1.29, 1.82) is 0 Å². The van der Waals surface area contributed by atoms with Gasteiger partial charge in [-0.1, -0.05) is 0 Å². The molecule has 0 aliphatic carbocycles. The van der Waals surface area contributed by atoms with Crippen LogP contribution in [-0.4, -0.2) is 42.3 Å². The summed E-state index contributed by atoms with van der Waals surface area (Å²) < 4.78 is 5.22. The van der Waals surface area contributed by atoms with Gasteiger partial charge in [-0.3, -0.25) is 14.5 Å². The van der Waals surface area contributed by atoms with Crippen LogP contribution in [0.25, 0.3) is 0 Å². The first-order valence-electron chi connectivity index (χ1n) is 5.22. The molecule has 0 aromatic carbocycles. The van der Waals surface area contributed by atoms with E-state index < -0.39 is 0 Å². The predicted molar refractivity (Wildman–Crippen MR) is 56.6 cm³/mol. The molecular formula is C11H15NO4. The molecule has 5 heteroatoms. The minimum absolute atomic E-state index is 0.137. The van der Waals surface area contributed by atoms with E-state index in [4.69, 9.17) is 4.74 Å². The van der Waals surface area contributed by atoms with E-state index in [2.05, 4.69) is 0 Å². The van der Waals surface area contributed by atoms with Crippen molar-refractivity contribution in [3.8, 4) is 0 Å². The quantitative estimate of drug-likeness (QED) is 0.461. The number of rotatable bonds is 7. The van der Waals surface area contributed by atoms with Crippen LogP contribution in [0.2, 0.25) is 0 Å². The monoisotopic (exact) mass is 225 g/mol. The van der Waals surface area contributed by atoms with Crippen LogP contribution in [-0.2, 0) is 19.1 Å². The number of ether oxygens (including phenoxy) is 1. The van der Waals surface area contributed by atoms with Gasteiger partial charge in [-0.05, 0) is 13.3 Å². The highest BCUT2D eigenvalue weighted by atomic mass is 16.5. The molecular weight excluding hydrogens is 210 g/mol. The number of imide groups is 1. The summed E-state index contributed by atoms with van der Waals surface area (Å²) in [6.45, 7) is 2.60. The maximum absolute atomic E-state index is 11.1. The van der Waals surface area contributed by atoms with E-state index in [0.717, 1.165) is 4.90 Å². The zero-order valence-corrected chi connectivity index (χ0v) is 9.27. The maximum atomic E-state index is 11.1. The molecule has 1 rings (SSSR count). The number of amides is 2. The fourth-order valence-electron chi connectivity index (χ4n) is 1.33. The van der Waals surface area contributed by atoms with Gasteiger partial charge in [0.05, 0.1) is 13.2 Å². The van der Waals surface area contributed by atoms with E-state index in [0.29, 0.717) is 26.1 Å². The molecule has 0 saturated carbocycles. The van der Waals surface area contributed by atoms with Crippen molar-refractivity contribution < 1.29 is 19.1 Å². The van der Waals surface area contributed by atoms with Crippen LogP contribution in [0.1, 0.15) is 19.8 Å². The molecule has 0 fully saturated rings. The van der Waals surface area contributed by atoms with E-state index in [9.17, 15) is 14.4 Å². The van der Waals surface area contributed by atoms with Crippen LogP contribution < -0.4 is 0 Å². The van der Waals surface area contributed by atoms with Gasteiger partial charge < -0.3 is 9.53 Å². The molecule has 0 atom stereocenters. The molecule has 0 saturated heterocycles. The van der Waals surface area contributed by atoms with E-state index in [1.54, 1.807) is 0 Å². The van der Waals surface area contributed by atoms with Crippen molar-refractivity contribution in [2.24, 2.45) is 0 Å². The minimum atomic E-state index is -0.294. The van der Waals surface area contributed by atoms with E-state index >= 15 is 0 Å². The van der Waals surface area contributed by atoms with Gasteiger partial charge in [-0.2, -0.15) is 0 Å². The van der Waals surface area contributed by atoms with Gasteiger partial charge in [0.25, 0.3) is 11.8 Å². The normalized spacial score (nSPS) is 14.9. The highest BCUT2D eigenvalue weighted by Gasteiger charge is 2.22. The van der Waals surface area contributed by atoms with Crippen molar-refractivity contribution >= 4 is 17.6 Å². The molecule has 0 N–H and O–H groups in total. The third-order valence-corrected chi connectivity index (χ3v) is 2.18. The van der Waals surface area contributed by atoms with Gasteiger partial charge in [0, 0.05) is 25.2 Å². The minimum Gasteiger partial charge on any atom is -0.380 e. The molecule has 1 aliphatic heterocycles. The fourth-order valence-corrected chi connectivity index (χ4v) is 1.33. The Morgan fingerprint density at radius 1 is 1.25 bits per heavy atom. The van der Waals surface area contributed by atoms with Gasteiger partial charge in [-0.15, -0.1) is 0 Å². The second kappa shape index (κ2) is 6.17. The number of carbonyl (C=O) groups excluding carboxylic acids is 3. The lowest BCUT2D eigenvalue weighted by Gasteiger charge is -2.13. The number of hydrogen-bond acceptors (Lipinski definition) is 4. The zero-order valence-electron chi connectivity index (χ0n) is 9.27. The number of carbonyl (C=O) groups is 3. The highest BCUT2D eigenvalue weighted by molar-refractivity contribution is 6.12. The van der Waals surface area contributed by atoms with Crippen molar-refractivity contribution in [3.63, 3.8) is 0 Å². The highest BCUT2D eigenvalue weighted by Crippen LogP contribution is 2.02. The Bertz CT molecular complexity index is 304. The van der Waals surface area contributed by atoms with Crippen LogP contribution in [0.4, 0.5) is 0 Å². The molecule has 0 bridgehead atoms. The zero-order chi connectivity index (χ0) is 12.0. The lowest BCUT2D eigenvalue weighted by Crippen LogP contribution is -2.33. The van der Waals surface area contributed by atoms with Crippen LogP contribution in [0.15, 0.2) is 12.2 Å². The lowest BCUT2D eigenvalue weighted by molar-refractivity contribution is -0.137. The summed E-state index contributed by atoms with van der Waals surface area (Å²) in [6.07, 6.45) is 3.68. The number of Topliss-reactive ketones (excluding diaryl/α,β-unsaturated/α-hetero) is 1. The standard InChI is InChI=1S/C11H15NO4/c1-9(13)3-2-7-16-8-6-12-10(14)4-5-11(12)15/h4-5H,2-3,6-8H2,1H3. The summed E-state index contributed by atoms with van der Waals surface area (Å²) >= 11 is 0. The summed E-state index contributed by atoms with van der Waals surface area (Å²) in [4.78, 5) is 34.0. The van der Waals surface area contributed by atoms with Gasteiger partial charge in [0.1, 0.15) is 5.78 Å². The predicted octanol–water partition coefficient (Wildman–Crippen LogP) is 0.297. The molecule has 0 unspecified atom stereocenters. The Hall–Kier alpha value is -1.49. The topological polar surface area (TPSA) is 63.7 Å². The third-order valence-electron chi connectivity index (χ3n) is 2.18. The number of ketones is 1. The number of hydrogen-bond donors (Lipinski definition) is 0. The van der Waals surface area contributed by atoms with E-state index in [1.807, 2.05) is 0 Å². The lowest BCUT2D eigenvalue weighted by atomic mass is 10.2. The van der Waals surface area contributed by atoms with Gasteiger partial charge >= 0.3 is 0 Å². The molecule has 16 heavy (non-hydrogen) atoms. The van der Waals surface area contributed by atoms with Crippen LogP contribution in [0, 0.1) is 0 Å². The summed E-state index contributed by atoms with van der Waals surface area (Å²) in [6, 6.07) is 0. The summed E-state index contributed by atoms with van der Waals surface area (Å²) in [5.41, 5.74) is 0. The largest absolute Gasteiger partial charge is 0.380 e. The van der Waals surface area contributed by atoms with Crippen molar-refractivity contribution in [3.05, 3.63) is 12.2 Å². The average molecular weight is 225 g/mol. The third kappa shape index (κ3) is 3.94. The smallest absolute Gasteiger partial charge is 0.253 e. The molecule has 0 spiro atoms.